The molecule has 0 bridgehead atoms. The highest BCUT2D eigenvalue weighted by molar-refractivity contribution is 8.00. The van der Waals surface area contributed by atoms with Crippen molar-refractivity contribution in [3.63, 3.8) is 0 Å². The molecule has 0 spiro atoms. The second-order valence-electron chi connectivity index (χ2n) is 6.10. The van der Waals surface area contributed by atoms with E-state index in [2.05, 4.69) is 17.4 Å². The number of hydrogen-bond acceptors (Lipinski definition) is 3. The van der Waals surface area contributed by atoms with Crippen LogP contribution in [-0.4, -0.2) is 28.5 Å². The first kappa shape index (κ1) is 15.3. The number of para-hydroxylation sites is 1. The predicted molar refractivity (Wildman–Crippen MR) is 95.5 cm³/mol. The first-order valence-corrected chi connectivity index (χ1v) is 9.07. The van der Waals surface area contributed by atoms with E-state index in [0.29, 0.717) is 12.2 Å². The van der Waals surface area contributed by atoms with Crippen molar-refractivity contribution < 1.29 is 9.59 Å². The Hall–Kier alpha value is -2.27. The summed E-state index contributed by atoms with van der Waals surface area (Å²) in [4.78, 5) is 26.7. The zero-order valence-corrected chi connectivity index (χ0v) is 14.0. The molecule has 2 heterocycles. The number of fused-ring (bicyclic) bond motifs is 1. The van der Waals surface area contributed by atoms with Gasteiger partial charge in [-0.25, -0.2) is 0 Å². The Bertz CT molecular complexity index is 765. The van der Waals surface area contributed by atoms with E-state index < -0.39 is 10.9 Å². The first-order valence-electron chi connectivity index (χ1n) is 8.08. The molecule has 0 saturated carbocycles. The fourth-order valence-electron chi connectivity index (χ4n) is 3.58. The minimum absolute atomic E-state index is 0.0667. The molecule has 0 aromatic heterocycles. The molecule has 4 nitrogen and oxygen atoms in total. The first-order chi connectivity index (χ1) is 11.7. The van der Waals surface area contributed by atoms with Gasteiger partial charge in [0.2, 0.25) is 11.8 Å². The predicted octanol–water partition coefficient (Wildman–Crippen LogP) is 3.22. The third-order valence-electron chi connectivity index (χ3n) is 4.70. The lowest BCUT2D eigenvalue weighted by Crippen LogP contribution is -2.48. The van der Waals surface area contributed by atoms with Gasteiger partial charge in [0.1, 0.15) is 10.9 Å². The van der Waals surface area contributed by atoms with E-state index in [1.807, 2.05) is 53.4 Å². The Kier molecular flexibility index (Phi) is 3.81. The van der Waals surface area contributed by atoms with Crippen LogP contribution in [0.1, 0.15) is 18.4 Å². The highest BCUT2D eigenvalue weighted by atomic mass is 32.2. The maximum Gasteiger partial charge on any atom is 0.248 e. The molecule has 0 aliphatic carbocycles. The molecule has 5 heteroatoms. The SMILES string of the molecule is O=C(Nc1ccccc1)[C@H]1CS[C@@]2(c3ccccc3)CCC(=O)N12. The molecule has 2 saturated heterocycles. The van der Waals surface area contributed by atoms with Crippen LogP contribution in [-0.2, 0) is 14.5 Å². The topological polar surface area (TPSA) is 49.4 Å². The molecule has 2 aliphatic heterocycles. The van der Waals surface area contributed by atoms with E-state index >= 15 is 0 Å². The fourth-order valence-corrected chi connectivity index (χ4v) is 5.23. The van der Waals surface area contributed by atoms with Gasteiger partial charge >= 0.3 is 0 Å². The van der Waals surface area contributed by atoms with Crippen molar-refractivity contribution in [3.05, 3.63) is 66.2 Å². The van der Waals surface area contributed by atoms with E-state index in [0.717, 1.165) is 17.7 Å². The number of nitrogens with one attached hydrogen (secondary N) is 1. The van der Waals surface area contributed by atoms with Crippen LogP contribution in [0.4, 0.5) is 5.69 Å². The lowest BCUT2D eigenvalue weighted by atomic mass is 10.0. The number of amides is 2. The van der Waals surface area contributed by atoms with Gasteiger partial charge in [0, 0.05) is 17.9 Å². The molecule has 2 fully saturated rings. The van der Waals surface area contributed by atoms with Crippen LogP contribution in [0.2, 0.25) is 0 Å². The maximum absolute atomic E-state index is 12.8. The Balaban J connectivity index is 1.62. The number of hydrogen-bond donors (Lipinski definition) is 1. The average Bonchev–Trinajstić information content (AvgIpc) is 3.16. The Morgan fingerprint density at radius 3 is 2.46 bits per heavy atom. The summed E-state index contributed by atoms with van der Waals surface area (Å²) in [5, 5.41) is 2.94. The summed E-state index contributed by atoms with van der Waals surface area (Å²) >= 11 is 1.71. The van der Waals surface area contributed by atoms with E-state index in [1.54, 1.807) is 11.8 Å². The molecule has 1 N–H and O–H groups in total. The molecule has 0 radical (unpaired) electrons. The largest absolute Gasteiger partial charge is 0.324 e. The van der Waals surface area contributed by atoms with E-state index in [1.165, 1.54) is 0 Å². The zero-order chi connectivity index (χ0) is 16.6. The molecule has 2 aliphatic rings. The van der Waals surface area contributed by atoms with Crippen LogP contribution >= 0.6 is 11.8 Å². The zero-order valence-electron chi connectivity index (χ0n) is 13.1. The van der Waals surface area contributed by atoms with Gasteiger partial charge < -0.3 is 10.2 Å². The summed E-state index contributed by atoms with van der Waals surface area (Å²) in [7, 11) is 0. The molecular formula is C19H18N2O2S. The molecule has 2 aromatic carbocycles. The molecule has 4 rings (SSSR count). The van der Waals surface area contributed by atoms with Crippen LogP contribution < -0.4 is 5.32 Å². The van der Waals surface area contributed by atoms with Crippen molar-refractivity contribution in [2.75, 3.05) is 11.1 Å². The van der Waals surface area contributed by atoms with E-state index in [9.17, 15) is 9.59 Å². The van der Waals surface area contributed by atoms with Crippen LogP contribution in [0.25, 0.3) is 0 Å². The summed E-state index contributed by atoms with van der Waals surface area (Å²) in [6.45, 7) is 0. The number of nitrogens with zero attached hydrogens (tertiary/aromatic N) is 1. The van der Waals surface area contributed by atoms with Crippen molar-refractivity contribution in [2.24, 2.45) is 0 Å². The highest BCUT2D eigenvalue weighted by Crippen LogP contribution is 2.54. The summed E-state index contributed by atoms with van der Waals surface area (Å²) in [6, 6.07) is 19.0. The normalized spacial score (nSPS) is 25.6. The minimum atomic E-state index is -0.426. The summed E-state index contributed by atoms with van der Waals surface area (Å²) in [5.74, 6) is 0.582. The smallest absolute Gasteiger partial charge is 0.248 e. The Morgan fingerprint density at radius 2 is 1.75 bits per heavy atom. The Morgan fingerprint density at radius 1 is 1.08 bits per heavy atom. The van der Waals surface area contributed by atoms with Gasteiger partial charge in [-0.1, -0.05) is 48.5 Å². The average molecular weight is 338 g/mol. The summed E-state index contributed by atoms with van der Waals surface area (Å²) in [5.41, 5.74) is 1.87. The molecule has 2 atom stereocenters. The second-order valence-corrected chi connectivity index (χ2v) is 7.39. The van der Waals surface area contributed by atoms with Gasteiger partial charge in [-0.15, -0.1) is 11.8 Å². The summed E-state index contributed by atoms with van der Waals surface area (Å²) < 4.78 is 0. The molecular weight excluding hydrogens is 320 g/mol. The lowest BCUT2D eigenvalue weighted by molar-refractivity contribution is -0.136. The maximum atomic E-state index is 12.8. The van der Waals surface area contributed by atoms with Crippen LogP contribution in [0.15, 0.2) is 60.7 Å². The van der Waals surface area contributed by atoms with Gasteiger partial charge in [-0.2, -0.15) is 0 Å². The number of carbonyl (C=O) groups excluding carboxylic acids is 2. The molecule has 2 aromatic rings. The van der Waals surface area contributed by atoms with E-state index in [-0.39, 0.29) is 11.8 Å². The molecule has 2 amide bonds. The Labute approximate surface area is 145 Å². The third-order valence-corrected chi connectivity index (χ3v) is 6.29. The standard InChI is InChI=1S/C19H18N2O2S/c22-17-11-12-19(14-7-3-1-4-8-14)21(17)16(13-24-19)18(23)20-15-9-5-2-6-10-15/h1-10,16H,11-13H2,(H,20,23)/t16-,19-/m1/s1. The second kappa shape index (κ2) is 5.98. The van der Waals surface area contributed by atoms with Crippen LogP contribution in [0.3, 0.4) is 0 Å². The van der Waals surface area contributed by atoms with Gasteiger partial charge in [0.15, 0.2) is 0 Å². The van der Waals surface area contributed by atoms with Gasteiger partial charge in [0.05, 0.1) is 0 Å². The van der Waals surface area contributed by atoms with Crippen molar-refractivity contribution in [3.8, 4) is 0 Å². The fraction of sp³-hybridized carbons (Fsp3) is 0.263. The highest BCUT2D eigenvalue weighted by Gasteiger charge is 2.56. The number of rotatable bonds is 3. The van der Waals surface area contributed by atoms with E-state index in [4.69, 9.17) is 0 Å². The monoisotopic (exact) mass is 338 g/mol. The van der Waals surface area contributed by atoms with Crippen molar-refractivity contribution in [2.45, 2.75) is 23.8 Å². The summed E-state index contributed by atoms with van der Waals surface area (Å²) in [6.07, 6.45) is 1.26. The van der Waals surface area contributed by atoms with Crippen molar-refractivity contribution in [1.82, 2.24) is 4.90 Å². The quantitative estimate of drug-likeness (QED) is 0.935. The third kappa shape index (κ3) is 2.40. The lowest BCUT2D eigenvalue weighted by Gasteiger charge is -2.34. The van der Waals surface area contributed by atoms with Crippen molar-refractivity contribution >= 4 is 29.3 Å². The number of thioether (sulfide) groups is 1. The molecule has 0 unspecified atom stereocenters. The number of anilines is 1. The van der Waals surface area contributed by atoms with Gasteiger partial charge in [-0.3, -0.25) is 9.59 Å². The van der Waals surface area contributed by atoms with Gasteiger partial charge in [0.25, 0.3) is 0 Å². The molecule has 24 heavy (non-hydrogen) atoms. The van der Waals surface area contributed by atoms with Crippen molar-refractivity contribution in [1.29, 1.82) is 0 Å². The van der Waals surface area contributed by atoms with Crippen LogP contribution in [0, 0.1) is 0 Å². The number of carbonyl (C=O) groups is 2. The number of benzene rings is 2. The van der Waals surface area contributed by atoms with Gasteiger partial charge in [-0.05, 0) is 24.1 Å². The minimum Gasteiger partial charge on any atom is -0.324 e. The van der Waals surface area contributed by atoms with Crippen LogP contribution in [0.5, 0.6) is 0 Å². The molecule has 122 valence electrons.